The SMILES string of the molecule is CCCCCCOc1ccc(/C=C/C(=O)Nc2scc(-c3ccc(F)cc3)c2C(=O)OCC)cc1OC. The summed E-state index contributed by atoms with van der Waals surface area (Å²) in [6, 6.07) is 11.3. The standard InChI is InChI=1S/C29H32FNO5S/c1-4-6-7-8-17-36-24-15-9-20(18-25(24)34-3)10-16-26(32)31-28-27(29(33)35-5-2)23(19-37-28)21-11-13-22(30)14-12-21/h9-16,18-19H,4-8,17H2,1-3H3,(H,31,32)/b16-10+. The molecule has 0 bridgehead atoms. The van der Waals surface area contributed by atoms with Gasteiger partial charge in [0.2, 0.25) is 5.91 Å². The lowest BCUT2D eigenvalue weighted by molar-refractivity contribution is -0.111. The highest BCUT2D eigenvalue weighted by Gasteiger charge is 2.22. The highest BCUT2D eigenvalue weighted by molar-refractivity contribution is 7.15. The molecule has 0 fully saturated rings. The van der Waals surface area contributed by atoms with E-state index in [0.29, 0.717) is 34.2 Å². The third-order valence-corrected chi connectivity index (χ3v) is 6.43. The normalized spacial score (nSPS) is 10.9. The molecule has 1 N–H and O–H groups in total. The van der Waals surface area contributed by atoms with Crippen LogP contribution in [0.4, 0.5) is 9.39 Å². The maximum absolute atomic E-state index is 13.4. The number of esters is 1. The number of thiophene rings is 1. The van der Waals surface area contributed by atoms with Crippen LogP contribution in [0.5, 0.6) is 11.5 Å². The number of hydrogen-bond donors (Lipinski definition) is 1. The Bertz CT molecular complexity index is 1220. The van der Waals surface area contributed by atoms with Gasteiger partial charge in [-0.25, -0.2) is 9.18 Å². The lowest BCUT2D eigenvalue weighted by atomic mass is 10.0. The van der Waals surface area contributed by atoms with Crippen molar-refractivity contribution in [2.24, 2.45) is 0 Å². The number of anilines is 1. The van der Waals surface area contributed by atoms with E-state index in [0.717, 1.165) is 18.4 Å². The largest absolute Gasteiger partial charge is 0.493 e. The lowest BCUT2D eigenvalue weighted by Crippen LogP contribution is -2.12. The Balaban J connectivity index is 1.72. The monoisotopic (exact) mass is 525 g/mol. The van der Waals surface area contributed by atoms with Gasteiger partial charge in [0.1, 0.15) is 16.4 Å². The minimum Gasteiger partial charge on any atom is -0.493 e. The smallest absolute Gasteiger partial charge is 0.341 e. The third kappa shape index (κ3) is 7.92. The van der Waals surface area contributed by atoms with Gasteiger partial charge >= 0.3 is 5.97 Å². The first kappa shape index (κ1) is 27.9. The van der Waals surface area contributed by atoms with Crippen LogP contribution in [0.25, 0.3) is 17.2 Å². The molecule has 0 aliphatic heterocycles. The van der Waals surface area contributed by atoms with E-state index in [-0.39, 0.29) is 18.0 Å². The van der Waals surface area contributed by atoms with Crippen LogP contribution in [0.2, 0.25) is 0 Å². The number of rotatable bonds is 13. The van der Waals surface area contributed by atoms with Crippen LogP contribution in [0.15, 0.2) is 53.9 Å². The molecule has 6 nitrogen and oxygen atoms in total. The van der Waals surface area contributed by atoms with Crippen LogP contribution in [-0.2, 0) is 9.53 Å². The fourth-order valence-corrected chi connectivity index (χ4v) is 4.60. The average molecular weight is 526 g/mol. The first-order valence-electron chi connectivity index (χ1n) is 12.3. The summed E-state index contributed by atoms with van der Waals surface area (Å²) in [4.78, 5) is 25.4. The molecule has 1 heterocycles. The molecule has 3 rings (SSSR count). The number of amides is 1. The van der Waals surface area contributed by atoms with E-state index in [4.69, 9.17) is 14.2 Å². The highest BCUT2D eigenvalue weighted by Crippen LogP contribution is 2.36. The van der Waals surface area contributed by atoms with Gasteiger partial charge in [-0.2, -0.15) is 0 Å². The summed E-state index contributed by atoms with van der Waals surface area (Å²) in [6.07, 6.45) is 7.50. The Hall–Kier alpha value is -3.65. The molecule has 0 aliphatic rings. The zero-order valence-corrected chi connectivity index (χ0v) is 22.2. The Kier molecular flexibility index (Phi) is 10.7. The van der Waals surface area contributed by atoms with Crippen LogP contribution < -0.4 is 14.8 Å². The molecule has 0 atom stereocenters. The van der Waals surface area contributed by atoms with E-state index in [1.807, 2.05) is 12.1 Å². The number of ether oxygens (including phenoxy) is 3. The molecule has 0 saturated carbocycles. The van der Waals surface area contributed by atoms with E-state index in [1.54, 1.807) is 43.7 Å². The summed E-state index contributed by atoms with van der Waals surface area (Å²) < 4.78 is 29.9. The number of carbonyl (C=O) groups is 2. The second kappa shape index (κ2) is 14.2. The number of unbranched alkanes of at least 4 members (excludes halogenated alkanes) is 3. The van der Waals surface area contributed by atoms with Crippen LogP contribution in [0.3, 0.4) is 0 Å². The molecule has 1 aromatic heterocycles. The van der Waals surface area contributed by atoms with Gasteiger partial charge in [0.15, 0.2) is 11.5 Å². The minimum atomic E-state index is -0.558. The van der Waals surface area contributed by atoms with E-state index in [1.165, 1.54) is 42.4 Å². The maximum Gasteiger partial charge on any atom is 0.341 e. The summed E-state index contributed by atoms with van der Waals surface area (Å²) in [5, 5.41) is 4.87. The molecule has 0 spiro atoms. The molecule has 0 aliphatic carbocycles. The summed E-state index contributed by atoms with van der Waals surface area (Å²) in [5.41, 5.74) is 2.21. The number of halogens is 1. The van der Waals surface area contributed by atoms with Gasteiger partial charge in [0.25, 0.3) is 0 Å². The fourth-order valence-electron chi connectivity index (χ4n) is 3.64. The topological polar surface area (TPSA) is 73.9 Å². The molecule has 0 unspecified atom stereocenters. The van der Waals surface area contributed by atoms with Crippen LogP contribution >= 0.6 is 11.3 Å². The van der Waals surface area contributed by atoms with E-state index in [2.05, 4.69) is 12.2 Å². The number of benzene rings is 2. The van der Waals surface area contributed by atoms with Crippen LogP contribution in [-0.4, -0.2) is 32.2 Å². The van der Waals surface area contributed by atoms with Gasteiger partial charge < -0.3 is 19.5 Å². The average Bonchev–Trinajstić information content (AvgIpc) is 3.31. The second-order valence-electron chi connectivity index (χ2n) is 8.22. The van der Waals surface area contributed by atoms with Gasteiger partial charge in [-0.1, -0.05) is 44.4 Å². The van der Waals surface area contributed by atoms with E-state index >= 15 is 0 Å². The fraction of sp³-hybridized carbons (Fsp3) is 0.310. The molecule has 8 heteroatoms. The summed E-state index contributed by atoms with van der Waals surface area (Å²) in [7, 11) is 1.58. The molecule has 3 aromatic rings. The summed E-state index contributed by atoms with van der Waals surface area (Å²) >= 11 is 1.20. The van der Waals surface area contributed by atoms with Gasteiger partial charge in [0.05, 0.1) is 20.3 Å². The molecule has 196 valence electrons. The van der Waals surface area contributed by atoms with Crippen LogP contribution in [0.1, 0.15) is 55.5 Å². The molecular formula is C29H32FNO5S. The molecule has 1 amide bonds. The Morgan fingerprint density at radius 1 is 1.03 bits per heavy atom. The molecular weight excluding hydrogens is 493 g/mol. The van der Waals surface area contributed by atoms with Crippen molar-refractivity contribution in [3.8, 4) is 22.6 Å². The van der Waals surface area contributed by atoms with E-state index < -0.39 is 11.9 Å². The quantitative estimate of drug-likeness (QED) is 0.143. The first-order valence-corrected chi connectivity index (χ1v) is 13.2. The zero-order valence-electron chi connectivity index (χ0n) is 21.3. The Morgan fingerprint density at radius 3 is 2.51 bits per heavy atom. The molecule has 0 radical (unpaired) electrons. The molecule has 2 aromatic carbocycles. The van der Waals surface area contributed by atoms with E-state index in [9.17, 15) is 14.0 Å². The highest BCUT2D eigenvalue weighted by atomic mass is 32.1. The van der Waals surface area contributed by atoms with Crippen molar-refractivity contribution in [2.75, 3.05) is 25.6 Å². The van der Waals surface area contributed by atoms with Gasteiger partial charge in [-0.3, -0.25) is 4.79 Å². The van der Waals surface area contributed by atoms with Crippen molar-refractivity contribution < 1.29 is 28.2 Å². The Labute approximate surface area is 221 Å². The van der Waals surface area contributed by atoms with Crippen LogP contribution in [0, 0.1) is 5.82 Å². The number of methoxy groups -OCH3 is 1. The van der Waals surface area contributed by atoms with Gasteiger partial charge in [-0.05, 0) is 54.8 Å². The van der Waals surface area contributed by atoms with Crippen molar-refractivity contribution >= 4 is 34.3 Å². The molecule has 0 saturated heterocycles. The minimum absolute atomic E-state index is 0.186. The third-order valence-electron chi connectivity index (χ3n) is 5.53. The van der Waals surface area contributed by atoms with Gasteiger partial charge in [-0.15, -0.1) is 11.3 Å². The predicted octanol–water partition coefficient (Wildman–Crippen LogP) is 7.35. The predicted molar refractivity (Wildman–Crippen MR) is 146 cm³/mol. The second-order valence-corrected chi connectivity index (χ2v) is 9.10. The van der Waals surface area contributed by atoms with Crippen molar-refractivity contribution in [1.29, 1.82) is 0 Å². The summed E-state index contributed by atoms with van der Waals surface area (Å²) in [5.74, 6) is -0.0967. The van der Waals surface area contributed by atoms with Gasteiger partial charge in [0, 0.05) is 17.0 Å². The maximum atomic E-state index is 13.4. The molecule has 37 heavy (non-hydrogen) atoms. The number of hydrogen-bond acceptors (Lipinski definition) is 6. The van der Waals surface area contributed by atoms with Crippen molar-refractivity contribution in [3.63, 3.8) is 0 Å². The van der Waals surface area contributed by atoms with Crippen molar-refractivity contribution in [1.82, 2.24) is 0 Å². The van der Waals surface area contributed by atoms with Crippen molar-refractivity contribution in [3.05, 3.63) is 70.9 Å². The lowest BCUT2D eigenvalue weighted by Gasteiger charge is -2.11. The zero-order chi connectivity index (χ0) is 26.6. The van der Waals surface area contributed by atoms with Crippen molar-refractivity contribution in [2.45, 2.75) is 39.5 Å². The summed E-state index contributed by atoms with van der Waals surface area (Å²) in [6.45, 7) is 4.68. The first-order chi connectivity index (χ1) is 18.0. The number of carbonyl (C=O) groups excluding carboxylic acids is 2. The Morgan fingerprint density at radius 2 is 1.81 bits per heavy atom. The number of nitrogens with one attached hydrogen (secondary N) is 1.